The molecule has 1 aliphatic rings. The van der Waals surface area contributed by atoms with Crippen LogP contribution >= 0.6 is 11.8 Å². The summed E-state index contributed by atoms with van der Waals surface area (Å²) in [6.07, 6.45) is 1.84. The summed E-state index contributed by atoms with van der Waals surface area (Å²) < 4.78 is 0. The Balaban J connectivity index is 2.59. The topological polar surface area (TPSA) is 98.7 Å². The summed E-state index contributed by atoms with van der Waals surface area (Å²) in [6.45, 7) is 4.57. The minimum Gasteiger partial charge on any atom is -0.395 e. The average Bonchev–Trinajstić information content (AvgIpc) is 2.53. The van der Waals surface area contributed by atoms with Gasteiger partial charge in [-0.15, -0.1) is 0 Å². The number of thioether (sulfide) groups is 1. The fraction of sp³-hybridized carbons (Fsp3) is 0.750. The van der Waals surface area contributed by atoms with E-state index in [1.807, 2.05) is 6.26 Å². The standard InChI is InChI=1S/C12H21N3O4S/c1-7(8(6-16)20-4)13-9(17)5-15-10(18)12(2,3)14-11(15)19/h7-8,16H,5-6H2,1-4H3,(H,13,17)(H,14,19). The number of nitrogens with zero attached hydrogens (tertiary/aromatic N) is 1. The van der Waals surface area contributed by atoms with E-state index < -0.39 is 23.4 Å². The Kier molecular flexibility index (Phi) is 5.41. The monoisotopic (exact) mass is 303 g/mol. The Bertz CT molecular complexity index is 410. The normalized spacial score (nSPS) is 20.6. The van der Waals surface area contributed by atoms with Crippen molar-refractivity contribution in [1.29, 1.82) is 0 Å². The number of hydrogen-bond donors (Lipinski definition) is 3. The number of carbonyl (C=O) groups excluding carboxylic acids is 3. The highest BCUT2D eigenvalue weighted by molar-refractivity contribution is 7.99. The molecule has 1 fully saturated rings. The van der Waals surface area contributed by atoms with Crippen LogP contribution in [0.5, 0.6) is 0 Å². The Hall–Kier alpha value is -1.28. The number of nitrogens with one attached hydrogen (secondary N) is 2. The van der Waals surface area contributed by atoms with Crippen LogP contribution in [0.2, 0.25) is 0 Å². The van der Waals surface area contributed by atoms with Crippen LogP contribution in [0.4, 0.5) is 4.79 Å². The number of rotatable bonds is 6. The summed E-state index contributed by atoms with van der Waals surface area (Å²) in [7, 11) is 0. The predicted molar refractivity (Wildman–Crippen MR) is 76.3 cm³/mol. The quantitative estimate of drug-likeness (QED) is 0.577. The highest BCUT2D eigenvalue weighted by Crippen LogP contribution is 2.16. The molecular formula is C12H21N3O4S. The van der Waals surface area contributed by atoms with Crippen LogP contribution in [0, 0.1) is 0 Å². The van der Waals surface area contributed by atoms with E-state index >= 15 is 0 Å². The molecule has 8 heteroatoms. The molecule has 1 rings (SSSR count). The van der Waals surface area contributed by atoms with Crippen LogP contribution in [0.25, 0.3) is 0 Å². The largest absolute Gasteiger partial charge is 0.395 e. The molecule has 2 atom stereocenters. The number of urea groups is 1. The van der Waals surface area contributed by atoms with Gasteiger partial charge in [-0.1, -0.05) is 0 Å². The molecule has 7 nitrogen and oxygen atoms in total. The fourth-order valence-corrected chi connectivity index (χ4v) is 2.56. The second kappa shape index (κ2) is 6.45. The average molecular weight is 303 g/mol. The van der Waals surface area contributed by atoms with Gasteiger partial charge in [0.15, 0.2) is 0 Å². The molecule has 0 aromatic carbocycles. The van der Waals surface area contributed by atoms with Gasteiger partial charge in [0.2, 0.25) is 5.91 Å². The second-order valence-corrected chi connectivity index (χ2v) is 6.34. The van der Waals surface area contributed by atoms with Crippen molar-refractivity contribution >= 4 is 29.6 Å². The third-order valence-electron chi connectivity index (χ3n) is 3.18. The molecule has 0 saturated carbocycles. The summed E-state index contributed by atoms with van der Waals surface area (Å²) in [5.41, 5.74) is -0.976. The van der Waals surface area contributed by atoms with Crippen molar-refractivity contribution in [1.82, 2.24) is 15.5 Å². The first-order valence-electron chi connectivity index (χ1n) is 6.30. The van der Waals surface area contributed by atoms with E-state index in [2.05, 4.69) is 10.6 Å². The van der Waals surface area contributed by atoms with Crippen LogP contribution in [0.1, 0.15) is 20.8 Å². The van der Waals surface area contributed by atoms with Gasteiger partial charge in [0.1, 0.15) is 12.1 Å². The van der Waals surface area contributed by atoms with Crippen molar-refractivity contribution in [3.05, 3.63) is 0 Å². The maximum atomic E-state index is 11.9. The third-order valence-corrected chi connectivity index (χ3v) is 4.34. The SMILES string of the molecule is CSC(CO)C(C)NC(=O)CN1C(=O)NC(C)(C)C1=O. The molecule has 0 spiro atoms. The molecule has 0 radical (unpaired) electrons. The molecule has 0 aliphatic carbocycles. The smallest absolute Gasteiger partial charge is 0.325 e. The Morgan fingerprint density at radius 3 is 2.50 bits per heavy atom. The van der Waals surface area contributed by atoms with Gasteiger partial charge in [0, 0.05) is 11.3 Å². The molecule has 1 heterocycles. The summed E-state index contributed by atoms with van der Waals surface area (Å²) >= 11 is 1.44. The van der Waals surface area contributed by atoms with E-state index in [0.29, 0.717) is 0 Å². The lowest BCUT2D eigenvalue weighted by Gasteiger charge is -2.22. The molecule has 1 aliphatic heterocycles. The first-order valence-corrected chi connectivity index (χ1v) is 7.59. The van der Waals surface area contributed by atoms with Gasteiger partial charge in [-0.25, -0.2) is 4.79 Å². The lowest BCUT2D eigenvalue weighted by atomic mass is 10.1. The zero-order valence-corrected chi connectivity index (χ0v) is 12.9. The van der Waals surface area contributed by atoms with Gasteiger partial charge in [-0.05, 0) is 27.0 Å². The van der Waals surface area contributed by atoms with Crippen molar-refractivity contribution in [2.45, 2.75) is 37.6 Å². The lowest BCUT2D eigenvalue weighted by molar-refractivity contribution is -0.134. The Morgan fingerprint density at radius 1 is 1.50 bits per heavy atom. The Morgan fingerprint density at radius 2 is 2.10 bits per heavy atom. The van der Waals surface area contributed by atoms with Crippen LogP contribution in [0.3, 0.4) is 0 Å². The number of hydrogen-bond acceptors (Lipinski definition) is 5. The minimum absolute atomic E-state index is 0.0568. The van der Waals surface area contributed by atoms with Crippen LogP contribution in [0.15, 0.2) is 0 Å². The van der Waals surface area contributed by atoms with Crippen LogP contribution < -0.4 is 10.6 Å². The lowest BCUT2D eigenvalue weighted by Crippen LogP contribution is -2.47. The van der Waals surface area contributed by atoms with Gasteiger partial charge in [-0.2, -0.15) is 11.8 Å². The number of carbonyl (C=O) groups is 3. The molecule has 3 N–H and O–H groups in total. The second-order valence-electron chi connectivity index (χ2n) is 5.26. The summed E-state index contributed by atoms with van der Waals surface area (Å²) in [6, 6.07) is -0.817. The van der Waals surface area contributed by atoms with Crippen molar-refractivity contribution in [2.75, 3.05) is 19.4 Å². The van der Waals surface area contributed by atoms with Gasteiger partial charge in [-0.3, -0.25) is 14.5 Å². The minimum atomic E-state index is -0.976. The third kappa shape index (κ3) is 3.63. The van der Waals surface area contributed by atoms with Gasteiger partial charge in [0.25, 0.3) is 5.91 Å². The molecule has 0 bridgehead atoms. The number of aliphatic hydroxyl groups is 1. The fourth-order valence-electron chi connectivity index (χ4n) is 1.93. The molecular weight excluding hydrogens is 282 g/mol. The maximum absolute atomic E-state index is 11.9. The van der Waals surface area contributed by atoms with E-state index in [9.17, 15) is 14.4 Å². The maximum Gasteiger partial charge on any atom is 0.325 e. The summed E-state index contributed by atoms with van der Waals surface area (Å²) in [4.78, 5) is 36.3. The first-order chi connectivity index (χ1) is 9.22. The van der Waals surface area contributed by atoms with E-state index in [0.717, 1.165) is 4.90 Å². The number of imide groups is 1. The van der Waals surface area contributed by atoms with Crippen LogP contribution in [-0.4, -0.2) is 64.1 Å². The summed E-state index contributed by atoms with van der Waals surface area (Å²) in [5.74, 6) is -0.847. The van der Waals surface area contributed by atoms with Gasteiger partial charge >= 0.3 is 6.03 Å². The van der Waals surface area contributed by atoms with Crippen molar-refractivity contribution in [3.8, 4) is 0 Å². The van der Waals surface area contributed by atoms with E-state index in [1.54, 1.807) is 20.8 Å². The number of aliphatic hydroxyl groups excluding tert-OH is 1. The Labute approximate surface area is 122 Å². The molecule has 4 amide bonds. The van der Waals surface area contributed by atoms with Crippen molar-refractivity contribution in [3.63, 3.8) is 0 Å². The van der Waals surface area contributed by atoms with Crippen LogP contribution in [-0.2, 0) is 9.59 Å². The first kappa shape index (κ1) is 16.8. The molecule has 2 unspecified atom stereocenters. The van der Waals surface area contributed by atoms with E-state index in [-0.39, 0.29) is 24.4 Å². The number of amides is 4. The molecule has 20 heavy (non-hydrogen) atoms. The van der Waals surface area contributed by atoms with E-state index in [4.69, 9.17) is 5.11 Å². The zero-order chi connectivity index (χ0) is 15.5. The predicted octanol–water partition coefficient (Wildman–Crippen LogP) is -0.455. The molecule has 1 saturated heterocycles. The van der Waals surface area contributed by atoms with Gasteiger partial charge in [0.05, 0.1) is 6.61 Å². The van der Waals surface area contributed by atoms with Crippen molar-refractivity contribution < 1.29 is 19.5 Å². The summed E-state index contributed by atoms with van der Waals surface area (Å²) in [5, 5.41) is 14.2. The van der Waals surface area contributed by atoms with Gasteiger partial charge < -0.3 is 15.7 Å². The molecule has 0 aromatic rings. The van der Waals surface area contributed by atoms with E-state index in [1.165, 1.54) is 11.8 Å². The zero-order valence-electron chi connectivity index (χ0n) is 12.1. The highest BCUT2D eigenvalue weighted by Gasteiger charge is 2.44. The van der Waals surface area contributed by atoms with Crippen molar-refractivity contribution in [2.24, 2.45) is 0 Å². The molecule has 0 aromatic heterocycles. The highest BCUT2D eigenvalue weighted by atomic mass is 32.2. The molecule has 114 valence electrons.